The lowest BCUT2D eigenvalue weighted by atomic mass is 10.0. The van der Waals surface area contributed by atoms with Crippen LogP contribution in [-0.2, 0) is 19.1 Å². The van der Waals surface area contributed by atoms with Gasteiger partial charge in [-0.15, -0.1) is 0 Å². The molecule has 0 atom stereocenters. The van der Waals surface area contributed by atoms with Gasteiger partial charge in [-0.25, -0.2) is 4.98 Å². The van der Waals surface area contributed by atoms with Crippen molar-refractivity contribution in [2.24, 2.45) is 0 Å². The molecule has 0 saturated heterocycles. The zero-order chi connectivity index (χ0) is 11.9. The number of hydrogen-bond donors (Lipinski definition) is 1. The molecule has 1 aliphatic rings. The van der Waals surface area contributed by atoms with Crippen LogP contribution in [0.4, 0.5) is 13.2 Å². The van der Waals surface area contributed by atoms with Gasteiger partial charge in [-0.1, -0.05) is 0 Å². The molecule has 0 unspecified atom stereocenters. The predicted octanol–water partition coefficient (Wildman–Crippen LogP) is 2.15. The molecule has 0 saturated carbocycles. The van der Waals surface area contributed by atoms with Crippen LogP contribution < -0.4 is 0 Å². The second kappa shape index (κ2) is 3.81. The van der Waals surface area contributed by atoms with Crippen LogP contribution in [0.1, 0.15) is 17.0 Å². The summed E-state index contributed by atoms with van der Waals surface area (Å²) in [7, 11) is 1.78. The molecule has 0 aromatic carbocycles. The van der Waals surface area contributed by atoms with Crippen molar-refractivity contribution in [3.8, 4) is 0 Å². The smallest absolute Gasteiger partial charge is 0.334 e. The van der Waals surface area contributed by atoms with Gasteiger partial charge < -0.3 is 9.88 Å². The van der Waals surface area contributed by atoms with Crippen LogP contribution >= 0.6 is 12.2 Å². The third-order valence-electron chi connectivity index (χ3n) is 2.56. The van der Waals surface area contributed by atoms with Gasteiger partial charge in [0, 0.05) is 30.8 Å². The Morgan fingerprint density at radius 3 is 2.75 bits per heavy atom. The molecule has 1 aromatic heterocycles. The second-order valence-corrected chi connectivity index (χ2v) is 4.22. The molecule has 0 spiro atoms. The van der Waals surface area contributed by atoms with E-state index < -0.39 is 11.9 Å². The van der Waals surface area contributed by atoms with Crippen molar-refractivity contribution >= 4 is 12.2 Å². The van der Waals surface area contributed by atoms with Gasteiger partial charge in [0.15, 0.2) is 10.5 Å². The van der Waals surface area contributed by atoms with Crippen molar-refractivity contribution < 1.29 is 13.2 Å². The summed E-state index contributed by atoms with van der Waals surface area (Å²) in [6, 6.07) is 0. The lowest BCUT2D eigenvalue weighted by Crippen LogP contribution is -2.30. The normalized spacial score (nSPS) is 17.2. The van der Waals surface area contributed by atoms with E-state index in [1.165, 1.54) is 0 Å². The number of aromatic amines is 1. The first kappa shape index (κ1) is 11.5. The van der Waals surface area contributed by atoms with Crippen molar-refractivity contribution in [1.29, 1.82) is 0 Å². The second-order valence-electron chi connectivity index (χ2n) is 3.83. The Morgan fingerprint density at radius 2 is 2.12 bits per heavy atom. The highest BCUT2D eigenvalue weighted by atomic mass is 32.1. The Hall–Kier alpha value is -0.950. The number of halogens is 3. The number of alkyl halides is 3. The fraction of sp³-hybridized carbons (Fsp3) is 0.556. The van der Waals surface area contributed by atoms with Gasteiger partial charge in [0.05, 0.1) is 0 Å². The zero-order valence-corrected chi connectivity index (χ0v) is 9.37. The molecule has 1 aromatic rings. The number of H-pyrrole nitrogens is 1. The number of likely N-dealkylation sites (N-methyl/N-ethyl adjacent to an activating group) is 1. The summed E-state index contributed by atoms with van der Waals surface area (Å²) >= 11 is 4.70. The summed E-state index contributed by atoms with van der Waals surface area (Å²) in [6.07, 6.45) is -3.90. The van der Waals surface area contributed by atoms with Crippen molar-refractivity contribution in [3.05, 3.63) is 21.7 Å². The van der Waals surface area contributed by atoms with Crippen molar-refractivity contribution in [3.63, 3.8) is 0 Å². The summed E-state index contributed by atoms with van der Waals surface area (Å²) < 4.78 is 38.1. The van der Waals surface area contributed by atoms with Crippen LogP contribution in [0.2, 0.25) is 0 Å². The molecule has 0 bridgehead atoms. The molecule has 2 heterocycles. The molecule has 88 valence electrons. The largest absolute Gasteiger partial charge is 0.433 e. The molecule has 1 aliphatic heterocycles. The maximum Gasteiger partial charge on any atom is 0.433 e. The number of hydrogen-bond acceptors (Lipinski definition) is 3. The highest BCUT2D eigenvalue weighted by molar-refractivity contribution is 7.71. The molecule has 2 rings (SSSR count). The van der Waals surface area contributed by atoms with E-state index in [1.807, 2.05) is 4.90 Å². The van der Waals surface area contributed by atoms with E-state index in [9.17, 15) is 13.2 Å². The van der Waals surface area contributed by atoms with Crippen LogP contribution in [0.5, 0.6) is 0 Å². The fourth-order valence-corrected chi connectivity index (χ4v) is 2.03. The molecule has 1 N–H and O–H groups in total. The molecule has 3 nitrogen and oxygen atoms in total. The van der Waals surface area contributed by atoms with Crippen molar-refractivity contribution in [2.75, 3.05) is 13.6 Å². The van der Waals surface area contributed by atoms with E-state index in [4.69, 9.17) is 12.2 Å². The quantitative estimate of drug-likeness (QED) is 0.715. The molecule has 0 fully saturated rings. The Bertz CT molecular complexity index is 466. The molecular weight excluding hydrogens is 239 g/mol. The van der Waals surface area contributed by atoms with Crippen LogP contribution in [0, 0.1) is 4.77 Å². The maximum absolute atomic E-state index is 12.7. The zero-order valence-electron chi connectivity index (χ0n) is 8.56. The average molecular weight is 249 g/mol. The minimum Gasteiger partial charge on any atom is -0.334 e. The third-order valence-corrected chi connectivity index (χ3v) is 2.75. The minimum atomic E-state index is -4.44. The standard InChI is InChI=1S/C9H10F3N3S/c1-15-3-2-6-5(4-15)7(9(10,11)12)14-8(16)13-6/h2-4H2,1H3,(H,13,14,16). The lowest BCUT2D eigenvalue weighted by Gasteiger charge is -2.26. The van der Waals surface area contributed by atoms with E-state index in [1.54, 1.807) is 7.05 Å². The SMILES string of the molecule is CN1CCc2[nH]c(=S)nc(C(F)(F)F)c2C1. The van der Waals surface area contributed by atoms with Gasteiger partial charge in [-0.05, 0) is 19.3 Å². The maximum atomic E-state index is 12.7. The summed E-state index contributed by atoms with van der Waals surface area (Å²) in [6.45, 7) is 0.975. The van der Waals surface area contributed by atoms with Crippen LogP contribution in [0.25, 0.3) is 0 Å². The minimum absolute atomic E-state index is 0.101. The average Bonchev–Trinajstić information content (AvgIpc) is 2.16. The van der Waals surface area contributed by atoms with Crippen LogP contribution in [0.15, 0.2) is 0 Å². The van der Waals surface area contributed by atoms with Crippen molar-refractivity contribution in [1.82, 2.24) is 14.9 Å². The number of aromatic nitrogens is 2. The Morgan fingerprint density at radius 1 is 1.44 bits per heavy atom. The Labute approximate surface area is 95.3 Å². The first-order chi connectivity index (χ1) is 7.38. The summed E-state index contributed by atoms with van der Waals surface area (Å²) in [5, 5.41) is 0. The van der Waals surface area contributed by atoms with E-state index in [2.05, 4.69) is 9.97 Å². The van der Waals surface area contributed by atoms with Crippen LogP contribution in [0.3, 0.4) is 0 Å². The number of rotatable bonds is 0. The van der Waals surface area contributed by atoms with Gasteiger partial charge >= 0.3 is 6.18 Å². The van der Waals surface area contributed by atoms with Gasteiger partial charge in [-0.3, -0.25) is 0 Å². The number of fused-ring (bicyclic) bond motifs is 1. The molecule has 16 heavy (non-hydrogen) atoms. The molecule has 0 aliphatic carbocycles. The lowest BCUT2D eigenvalue weighted by molar-refractivity contribution is -0.142. The Balaban J connectivity index is 2.60. The third kappa shape index (κ3) is 2.10. The highest BCUT2D eigenvalue weighted by Gasteiger charge is 2.37. The molecular formula is C9H10F3N3S. The first-order valence-corrected chi connectivity index (χ1v) is 5.16. The van der Waals surface area contributed by atoms with E-state index in [-0.39, 0.29) is 16.9 Å². The van der Waals surface area contributed by atoms with E-state index in [0.29, 0.717) is 12.1 Å². The fourth-order valence-electron chi connectivity index (χ4n) is 1.81. The molecule has 0 amide bonds. The molecule has 7 heteroatoms. The van der Waals surface area contributed by atoms with E-state index in [0.717, 1.165) is 6.54 Å². The van der Waals surface area contributed by atoms with E-state index >= 15 is 0 Å². The molecule has 0 radical (unpaired) electrons. The monoisotopic (exact) mass is 249 g/mol. The summed E-state index contributed by atoms with van der Waals surface area (Å²) in [4.78, 5) is 7.97. The van der Waals surface area contributed by atoms with Gasteiger partial charge in [-0.2, -0.15) is 13.2 Å². The van der Waals surface area contributed by atoms with Gasteiger partial charge in [0.25, 0.3) is 0 Å². The predicted molar refractivity (Wildman–Crippen MR) is 54.5 cm³/mol. The van der Waals surface area contributed by atoms with Gasteiger partial charge in [0.1, 0.15) is 0 Å². The Kier molecular flexibility index (Phi) is 2.75. The number of nitrogens with one attached hydrogen (secondary N) is 1. The highest BCUT2D eigenvalue weighted by Crippen LogP contribution is 2.33. The topological polar surface area (TPSA) is 31.9 Å². The van der Waals surface area contributed by atoms with Crippen LogP contribution in [-0.4, -0.2) is 28.5 Å². The number of nitrogens with zero attached hydrogens (tertiary/aromatic N) is 2. The van der Waals surface area contributed by atoms with Gasteiger partial charge in [0.2, 0.25) is 0 Å². The summed E-state index contributed by atoms with van der Waals surface area (Å²) in [5.74, 6) is 0. The first-order valence-electron chi connectivity index (χ1n) is 4.76. The van der Waals surface area contributed by atoms with Crippen molar-refractivity contribution in [2.45, 2.75) is 19.1 Å². The summed E-state index contributed by atoms with van der Waals surface area (Å²) in [5.41, 5.74) is -0.0712.